The molecule has 134 valence electrons. The normalized spacial score (nSPS) is 11.9. The lowest BCUT2D eigenvalue weighted by Crippen LogP contribution is -2.35. The summed E-state index contributed by atoms with van der Waals surface area (Å²) in [6, 6.07) is 17.7. The smallest absolute Gasteiger partial charge is 0.247 e. The lowest BCUT2D eigenvalue weighted by atomic mass is 10.0. The number of carbonyl (C=O) groups is 1. The van der Waals surface area contributed by atoms with Gasteiger partial charge in [0, 0.05) is 24.9 Å². The van der Waals surface area contributed by atoms with E-state index >= 15 is 0 Å². The molecule has 0 spiro atoms. The summed E-state index contributed by atoms with van der Waals surface area (Å²) in [6.07, 6.45) is 4.08. The van der Waals surface area contributed by atoms with E-state index < -0.39 is 6.04 Å². The molecule has 0 aliphatic rings. The Kier molecular flexibility index (Phi) is 6.01. The van der Waals surface area contributed by atoms with Crippen LogP contribution in [0.5, 0.6) is 0 Å². The molecule has 7 heteroatoms. The summed E-state index contributed by atoms with van der Waals surface area (Å²) in [5.41, 5.74) is 2.16. The molecule has 0 aliphatic heterocycles. The summed E-state index contributed by atoms with van der Waals surface area (Å²) in [5.74, 6) is -0.0184. The van der Waals surface area contributed by atoms with Crippen molar-refractivity contribution in [2.75, 3.05) is 13.3 Å². The van der Waals surface area contributed by atoms with Crippen LogP contribution in [0.2, 0.25) is 0 Å². The molecular weight excluding hydrogens is 346 g/mol. The second kappa shape index (κ2) is 8.62. The molecule has 2 aromatic carbocycles. The van der Waals surface area contributed by atoms with Gasteiger partial charge in [-0.15, -0.1) is 16.9 Å². The number of nitrogens with zero attached hydrogens (tertiary/aromatic N) is 5. The van der Waals surface area contributed by atoms with Crippen LogP contribution in [0, 0.1) is 0 Å². The van der Waals surface area contributed by atoms with Crippen molar-refractivity contribution in [3.63, 3.8) is 0 Å². The maximum Gasteiger partial charge on any atom is 0.247 e. The van der Waals surface area contributed by atoms with E-state index in [1.165, 1.54) is 15.9 Å². The number of tetrazole rings is 1. The first-order chi connectivity index (χ1) is 12.7. The lowest BCUT2D eigenvalue weighted by Gasteiger charge is -2.23. The number of thioether (sulfide) groups is 1. The topological polar surface area (TPSA) is 63.9 Å². The van der Waals surface area contributed by atoms with Gasteiger partial charge in [-0.05, 0) is 39.9 Å². The molecule has 0 unspecified atom stereocenters. The van der Waals surface area contributed by atoms with E-state index in [0.717, 1.165) is 11.1 Å². The summed E-state index contributed by atoms with van der Waals surface area (Å²) in [6.45, 7) is 0.543. The number of hydrogen-bond acceptors (Lipinski definition) is 5. The molecule has 1 aromatic heterocycles. The summed E-state index contributed by atoms with van der Waals surface area (Å²) < 4.78 is 1.53. The van der Waals surface area contributed by atoms with Gasteiger partial charge in [0.1, 0.15) is 12.4 Å². The van der Waals surface area contributed by atoms with Gasteiger partial charge in [-0.3, -0.25) is 4.79 Å². The van der Waals surface area contributed by atoms with Crippen molar-refractivity contribution in [2.45, 2.75) is 23.9 Å². The molecular formula is C19H21N5OS. The molecule has 1 heterocycles. The van der Waals surface area contributed by atoms with Crippen LogP contribution < -0.4 is 0 Å². The Morgan fingerprint density at radius 2 is 1.85 bits per heavy atom. The molecule has 1 atom stereocenters. The average Bonchev–Trinajstić information content (AvgIpc) is 3.21. The summed E-state index contributed by atoms with van der Waals surface area (Å²) in [4.78, 5) is 16.0. The van der Waals surface area contributed by atoms with Crippen LogP contribution in [0.1, 0.15) is 17.2 Å². The van der Waals surface area contributed by atoms with E-state index in [4.69, 9.17) is 0 Å². The Balaban J connectivity index is 1.75. The molecule has 0 radical (unpaired) electrons. The molecule has 6 nitrogen and oxygen atoms in total. The SMILES string of the molecule is CSc1ccc(CN(C)C(=O)[C@@H](Cc2ccccc2)n2cnnn2)cc1. The first kappa shape index (κ1) is 18.1. The largest absolute Gasteiger partial charge is 0.340 e. The molecule has 0 saturated heterocycles. The number of aromatic nitrogens is 4. The number of carbonyl (C=O) groups excluding carboxylic acids is 1. The maximum absolute atomic E-state index is 13.1. The molecule has 1 amide bonds. The third kappa shape index (κ3) is 4.49. The van der Waals surface area contributed by atoms with E-state index in [9.17, 15) is 4.79 Å². The molecule has 26 heavy (non-hydrogen) atoms. The van der Waals surface area contributed by atoms with Crippen LogP contribution in [-0.4, -0.2) is 44.3 Å². The van der Waals surface area contributed by atoms with E-state index in [2.05, 4.69) is 39.8 Å². The Labute approximate surface area is 157 Å². The third-order valence-electron chi connectivity index (χ3n) is 4.20. The first-order valence-corrected chi connectivity index (χ1v) is 9.54. The fourth-order valence-corrected chi connectivity index (χ4v) is 3.19. The molecule has 0 saturated carbocycles. The van der Waals surface area contributed by atoms with Crippen LogP contribution in [-0.2, 0) is 17.8 Å². The summed E-state index contributed by atoms with van der Waals surface area (Å²) in [5, 5.41) is 11.3. The number of likely N-dealkylation sites (N-methyl/N-ethyl adjacent to an activating group) is 1. The second-order valence-electron chi connectivity index (χ2n) is 6.04. The molecule has 3 rings (SSSR count). The van der Waals surface area contributed by atoms with Crippen LogP contribution in [0.4, 0.5) is 0 Å². The number of rotatable bonds is 7. The minimum atomic E-state index is -0.470. The quantitative estimate of drug-likeness (QED) is 0.601. The molecule has 0 aliphatic carbocycles. The van der Waals surface area contributed by atoms with Crippen LogP contribution >= 0.6 is 11.8 Å². The van der Waals surface area contributed by atoms with E-state index in [0.29, 0.717) is 13.0 Å². The van der Waals surface area contributed by atoms with Gasteiger partial charge >= 0.3 is 0 Å². The fourth-order valence-electron chi connectivity index (χ4n) is 2.78. The first-order valence-electron chi connectivity index (χ1n) is 8.31. The van der Waals surface area contributed by atoms with Gasteiger partial charge in [0.15, 0.2) is 0 Å². The van der Waals surface area contributed by atoms with Gasteiger partial charge in [0.05, 0.1) is 0 Å². The van der Waals surface area contributed by atoms with Crippen molar-refractivity contribution in [3.8, 4) is 0 Å². The minimum Gasteiger partial charge on any atom is -0.340 e. The van der Waals surface area contributed by atoms with E-state index in [1.54, 1.807) is 16.7 Å². The zero-order valence-electron chi connectivity index (χ0n) is 14.8. The molecule has 3 aromatic rings. The van der Waals surface area contributed by atoms with Crippen molar-refractivity contribution < 1.29 is 4.79 Å². The Hall–Kier alpha value is -2.67. The highest BCUT2D eigenvalue weighted by Crippen LogP contribution is 2.19. The highest BCUT2D eigenvalue weighted by atomic mass is 32.2. The molecule has 0 bridgehead atoms. The Bertz CT molecular complexity index is 821. The van der Waals surface area contributed by atoms with Crippen molar-refractivity contribution >= 4 is 17.7 Å². The van der Waals surface area contributed by atoms with Gasteiger partial charge in [-0.25, -0.2) is 4.68 Å². The number of benzene rings is 2. The number of amides is 1. The van der Waals surface area contributed by atoms with Crippen LogP contribution in [0.3, 0.4) is 0 Å². The van der Waals surface area contributed by atoms with E-state index in [1.807, 2.05) is 43.6 Å². The van der Waals surface area contributed by atoms with Crippen molar-refractivity contribution in [1.82, 2.24) is 25.1 Å². The zero-order chi connectivity index (χ0) is 18.4. The van der Waals surface area contributed by atoms with Gasteiger partial charge in [-0.1, -0.05) is 42.5 Å². The van der Waals surface area contributed by atoms with Gasteiger partial charge in [-0.2, -0.15) is 0 Å². The number of hydrogen-bond donors (Lipinski definition) is 0. The van der Waals surface area contributed by atoms with Gasteiger partial charge in [0.25, 0.3) is 0 Å². The standard InChI is InChI=1S/C19H21N5OS/c1-23(13-16-8-10-17(26-2)11-9-16)19(25)18(24-14-20-21-22-24)12-15-6-4-3-5-7-15/h3-11,14,18H,12-13H2,1-2H3/t18-/m1/s1. The van der Waals surface area contributed by atoms with Crippen molar-refractivity contribution in [2.24, 2.45) is 0 Å². The molecule has 0 fully saturated rings. The molecule has 0 N–H and O–H groups in total. The minimum absolute atomic E-state index is 0.0184. The summed E-state index contributed by atoms with van der Waals surface area (Å²) in [7, 11) is 1.81. The monoisotopic (exact) mass is 367 g/mol. The van der Waals surface area contributed by atoms with Gasteiger partial charge in [0.2, 0.25) is 5.91 Å². The van der Waals surface area contributed by atoms with E-state index in [-0.39, 0.29) is 5.91 Å². The fraction of sp³-hybridized carbons (Fsp3) is 0.263. The predicted octanol–water partition coefficient (Wildman–Crippen LogP) is 2.84. The maximum atomic E-state index is 13.1. The average molecular weight is 367 g/mol. The zero-order valence-corrected chi connectivity index (χ0v) is 15.6. The second-order valence-corrected chi connectivity index (χ2v) is 6.92. The van der Waals surface area contributed by atoms with Crippen LogP contribution in [0.25, 0.3) is 0 Å². The van der Waals surface area contributed by atoms with Gasteiger partial charge < -0.3 is 4.90 Å². The van der Waals surface area contributed by atoms with Crippen molar-refractivity contribution in [1.29, 1.82) is 0 Å². The van der Waals surface area contributed by atoms with Crippen molar-refractivity contribution in [3.05, 3.63) is 72.1 Å². The lowest BCUT2D eigenvalue weighted by molar-refractivity contribution is -0.134. The highest BCUT2D eigenvalue weighted by Gasteiger charge is 2.25. The predicted molar refractivity (Wildman–Crippen MR) is 102 cm³/mol. The summed E-state index contributed by atoms with van der Waals surface area (Å²) >= 11 is 1.70. The Morgan fingerprint density at radius 1 is 1.12 bits per heavy atom. The highest BCUT2D eigenvalue weighted by molar-refractivity contribution is 7.98. The third-order valence-corrected chi connectivity index (χ3v) is 4.94. The van der Waals surface area contributed by atoms with Crippen LogP contribution in [0.15, 0.2) is 65.8 Å². The Morgan fingerprint density at radius 3 is 2.46 bits per heavy atom.